The summed E-state index contributed by atoms with van der Waals surface area (Å²) < 4.78 is 4.70. The minimum absolute atomic E-state index is 0.222. The van der Waals surface area contributed by atoms with Gasteiger partial charge in [0.1, 0.15) is 11.9 Å². The lowest BCUT2D eigenvalue weighted by atomic mass is 10.3. The molecular formula is C9H14O4S. The average Bonchev–Trinajstić information content (AvgIpc) is 2.16. The van der Waals surface area contributed by atoms with Crippen molar-refractivity contribution in [2.45, 2.75) is 18.6 Å². The van der Waals surface area contributed by atoms with Gasteiger partial charge in [0.2, 0.25) is 0 Å². The van der Waals surface area contributed by atoms with E-state index >= 15 is 0 Å². The van der Waals surface area contributed by atoms with E-state index < -0.39 is 17.2 Å². The fraction of sp³-hybridized carbons (Fsp3) is 0.556. The van der Waals surface area contributed by atoms with E-state index in [1.165, 1.54) is 11.8 Å². The molecule has 0 bridgehead atoms. The Morgan fingerprint density at radius 2 is 2.29 bits per heavy atom. The van der Waals surface area contributed by atoms with Crippen LogP contribution in [0.1, 0.15) is 13.3 Å². The normalized spacial score (nSPS) is 11.8. The molecular weight excluding hydrogens is 204 g/mol. The monoisotopic (exact) mass is 218 g/mol. The predicted octanol–water partition coefficient (Wildman–Crippen LogP) is 1.31. The fourth-order valence-corrected chi connectivity index (χ4v) is 1.60. The third kappa shape index (κ3) is 5.64. The van der Waals surface area contributed by atoms with E-state index in [1.54, 1.807) is 0 Å². The third-order valence-electron chi connectivity index (χ3n) is 1.46. The van der Waals surface area contributed by atoms with Gasteiger partial charge in [0.15, 0.2) is 0 Å². The van der Waals surface area contributed by atoms with Gasteiger partial charge < -0.3 is 9.84 Å². The molecule has 0 aliphatic rings. The molecule has 0 rings (SSSR count). The van der Waals surface area contributed by atoms with E-state index in [1.807, 2.05) is 6.92 Å². The van der Waals surface area contributed by atoms with Gasteiger partial charge in [-0.1, -0.05) is 13.5 Å². The van der Waals surface area contributed by atoms with Crippen molar-refractivity contribution in [3.63, 3.8) is 0 Å². The summed E-state index contributed by atoms with van der Waals surface area (Å²) in [6.45, 7) is 5.27. The Morgan fingerprint density at radius 1 is 1.64 bits per heavy atom. The van der Waals surface area contributed by atoms with Crippen LogP contribution in [0.25, 0.3) is 0 Å². The first-order chi connectivity index (χ1) is 6.61. The van der Waals surface area contributed by atoms with Crippen molar-refractivity contribution in [1.29, 1.82) is 0 Å². The molecule has 0 spiro atoms. The minimum atomic E-state index is -0.826. The molecule has 0 aliphatic carbocycles. The summed E-state index contributed by atoms with van der Waals surface area (Å²) in [4.78, 5) is 21.2. The SMILES string of the molecule is C=CC(=O)OCCSC(CC)C(=O)O. The molecule has 1 atom stereocenters. The molecule has 0 aliphatic heterocycles. The Labute approximate surface area is 87.3 Å². The zero-order valence-corrected chi connectivity index (χ0v) is 8.88. The maximum Gasteiger partial charge on any atom is 0.330 e. The number of ether oxygens (including phenoxy) is 1. The van der Waals surface area contributed by atoms with E-state index in [9.17, 15) is 9.59 Å². The van der Waals surface area contributed by atoms with Crippen LogP contribution < -0.4 is 0 Å². The largest absolute Gasteiger partial charge is 0.480 e. The van der Waals surface area contributed by atoms with Gasteiger partial charge in [-0.05, 0) is 6.42 Å². The molecule has 80 valence electrons. The molecule has 0 fully saturated rings. The van der Waals surface area contributed by atoms with Gasteiger partial charge in [-0.15, -0.1) is 11.8 Å². The lowest BCUT2D eigenvalue weighted by molar-refractivity contribution is -0.137. The zero-order valence-electron chi connectivity index (χ0n) is 8.06. The highest BCUT2D eigenvalue weighted by Crippen LogP contribution is 2.14. The van der Waals surface area contributed by atoms with Crippen LogP contribution in [0.4, 0.5) is 0 Å². The minimum Gasteiger partial charge on any atom is -0.480 e. The van der Waals surface area contributed by atoms with Gasteiger partial charge in [-0.2, -0.15) is 0 Å². The van der Waals surface area contributed by atoms with Gasteiger partial charge in [-0.25, -0.2) is 4.79 Å². The summed E-state index contributed by atoms with van der Waals surface area (Å²) in [5.74, 6) is -0.814. The molecule has 0 aromatic rings. The summed E-state index contributed by atoms with van der Waals surface area (Å²) in [5, 5.41) is 8.26. The highest BCUT2D eigenvalue weighted by atomic mass is 32.2. The average molecular weight is 218 g/mol. The second-order valence-electron chi connectivity index (χ2n) is 2.48. The van der Waals surface area contributed by atoms with Crippen LogP contribution in [0.15, 0.2) is 12.7 Å². The Hall–Kier alpha value is -0.970. The van der Waals surface area contributed by atoms with Gasteiger partial charge in [0.25, 0.3) is 0 Å². The first-order valence-electron chi connectivity index (χ1n) is 4.25. The number of carbonyl (C=O) groups excluding carboxylic acids is 1. The highest BCUT2D eigenvalue weighted by molar-refractivity contribution is 8.00. The highest BCUT2D eigenvalue weighted by Gasteiger charge is 2.14. The standard InChI is InChI=1S/C9H14O4S/c1-3-7(9(11)12)14-6-5-13-8(10)4-2/h4,7H,2-3,5-6H2,1H3,(H,11,12). The second-order valence-corrected chi connectivity index (χ2v) is 3.79. The van der Waals surface area contributed by atoms with Gasteiger partial charge >= 0.3 is 11.9 Å². The fourth-order valence-electron chi connectivity index (χ4n) is 0.755. The van der Waals surface area contributed by atoms with Crippen molar-refractivity contribution in [2.75, 3.05) is 12.4 Å². The number of carbonyl (C=O) groups is 2. The Bertz CT molecular complexity index is 215. The number of carboxylic acid groups (broad SMARTS) is 1. The summed E-state index contributed by atoms with van der Waals surface area (Å²) >= 11 is 1.27. The Morgan fingerprint density at radius 3 is 2.71 bits per heavy atom. The van der Waals surface area contributed by atoms with E-state index in [0.29, 0.717) is 12.2 Å². The number of hydrogen-bond acceptors (Lipinski definition) is 4. The Kier molecular flexibility index (Phi) is 6.92. The smallest absolute Gasteiger partial charge is 0.330 e. The second kappa shape index (κ2) is 7.44. The lowest BCUT2D eigenvalue weighted by Crippen LogP contribution is -2.17. The number of rotatable bonds is 7. The summed E-state index contributed by atoms with van der Waals surface area (Å²) in [7, 11) is 0. The molecule has 0 saturated carbocycles. The topological polar surface area (TPSA) is 63.6 Å². The van der Waals surface area contributed by atoms with E-state index in [0.717, 1.165) is 6.08 Å². The van der Waals surface area contributed by atoms with E-state index in [2.05, 4.69) is 6.58 Å². The molecule has 0 amide bonds. The molecule has 0 aromatic carbocycles. The molecule has 0 saturated heterocycles. The van der Waals surface area contributed by atoms with Crippen LogP contribution in [-0.2, 0) is 14.3 Å². The number of aliphatic carboxylic acids is 1. The van der Waals surface area contributed by atoms with E-state index in [-0.39, 0.29) is 6.61 Å². The molecule has 14 heavy (non-hydrogen) atoms. The maximum atomic E-state index is 10.6. The van der Waals surface area contributed by atoms with Crippen molar-refractivity contribution < 1.29 is 19.4 Å². The molecule has 0 radical (unpaired) electrons. The summed E-state index contributed by atoms with van der Waals surface area (Å²) in [5.41, 5.74) is 0. The summed E-state index contributed by atoms with van der Waals surface area (Å²) in [6.07, 6.45) is 1.65. The number of thioether (sulfide) groups is 1. The molecule has 0 heterocycles. The van der Waals surface area contributed by atoms with Crippen molar-refractivity contribution in [2.24, 2.45) is 0 Å². The van der Waals surface area contributed by atoms with Crippen molar-refractivity contribution in [3.8, 4) is 0 Å². The van der Waals surface area contributed by atoms with Crippen molar-refractivity contribution in [3.05, 3.63) is 12.7 Å². The summed E-state index contributed by atoms with van der Waals surface area (Å²) in [6, 6.07) is 0. The van der Waals surface area contributed by atoms with Crippen LogP contribution >= 0.6 is 11.8 Å². The van der Waals surface area contributed by atoms with Crippen LogP contribution in [0.5, 0.6) is 0 Å². The van der Waals surface area contributed by atoms with Crippen LogP contribution in [-0.4, -0.2) is 34.7 Å². The van der Waals surface area contributed by atoms with Crippen LogP contribution in [0.3, 0.4) is 0 Å². The van der Waals surface area contributed by atoms with Crippen molar-refractivity contribution in [1.82, 2.24) is 0 Å². The predicted molar refractivity (Wildman–Crippen MR) is 55.3 cm³/mol. The molecule has 5 heteroatoms. The molecule has 4 nitrogen and oxygen atoms in total. The third-order valence-corrected chi connectivity index (χ3v) is 2.80. The number of esters is 1. The molecule has 0 aromatic heterocycles. The van der Waals surface area contributed by atoms with E-state index in [4.69, 9.17) is 9.84 Å². The zero-order chi connectivity index (χ0) is 11.0. The Balaban J connectivity index is 3.57. The van der Waals surface area contributed by atoms with Gasteiger partial charge in [0.05, 0.1) is 0 Å². The van der Waals surface area contributed by atoms with Crippen molar-refractivity contribution >= 4 is 23.7 Å². The van der Waals surface area contributed by atoms with Crippen LogP contribution in [0, 0.1) is 0 Å². The van der Waals surface area contributed by atoms with Gasteiger partial charge in [0, 0.05) is 11.8 Å². The quantitative estimate of drug-likeness (QED) is 0.396. The molecule has 1 N–H and O–H groups in total. The maximum absolute atomic E-state index is 10.6. The first-order valence-corrected chi connectivity index (χ1v) is 5.30. The van der Waals surface area contributed by atoms with Gasteiger partial charge in [-0.3, -0.25) is 4.79 Å². The number of carboxylic acids is 1. The lowest BCUT2D eigenvalue weighted by Gasteiger charge is -2.08. The molecule has 1 unspecified atom stereocenters. The number of hydrogen-bond donors (Lipinski definition) is 1. The first kappa shape index (κ1) is 13.0. The van der Waals surface area contributed by atoms with Crippen LogP contribution in [0.2, 0.25) is 0 Å².